The summed E-state index contributed by atoms with van der Waals surface area (Å²) in [6.45, 7) is 5.30. The molecule has 2 atom stereocenters. The van der Waals surface area contributed by atoms with Gasteiger partial charge in [-0.3, -0.25) is 9.59 Å². The molecule has 0 aliphatic heterocycles. The van der Waals surface area contributed by atoms with Gasteiger partial charge in [0.25, 0.3) is 5.91 Å². The molecule has 148 valence electrons. The standard InChI is InChI=1S/C22H25NO5/c1-5-9-16-12-17(13-18(27-3)20(16)28-4)21(24)23-19(14(2)22(25)26)15-10-7-6-8-11-15/h5-8,10-14,19H,1,9H2,2-4H3,(H,23,24)(H,25,26). The smallest absolute Gasteiger partial charge is 0.308 e. The molecule has 0 fully saturated rings. The summed E-state index contributed by atoms with van der Waals surface area (Å²) < 4.78 is 10.7. The minimum Gasteiger partial charge on any atom is -0.493 e. The van der Waals surface area contributed by atoms with Crippen molar-refractivity contribution in [1.82, 2.24) is 5.32 Å². The monoisotopic (exact) mass is 383 g/mol. The number of nitrogens with one attached hydrogen (secondary N) is 1. The Kier molecular flexibility index (Phi) is 7.21. The van der Waals surface area contributed by atoms with Crippen molar-refractivity contribution in [2.45, 2.75) is 19.4 Å². The largest absolute Gasteiger partial charge is 0.493 e. The number of allylic oxidation sites excluding steroid dienone is 1. The van der Waals surface area contributed by atoms with E-state index in [2.05, 4.69) is 11.9 Å². The number of benzene rings is 2. The van der Waals surface area contributed by atoms with E-state index >= 15 is 0 Å². The molecular formula is C22H25NO5. The van der Waals surface area contributed by atoms with Crippen LogP contribution >= 0.6 is 0 Å². The molecular weight excluding hydrogens is 358 g/mol. The molecule has 0 radical (unpaired) electrons. The highest BCUT2D eigenvalue weighted by Crippen LogP contribution is 2.33. The lowest BCUT2D eigenvalue weighted by molar-refractivity contribution is -0.142. The molecule has 2 unspecified atom stereocenters. The number of rotatable bonds is 9. The van der Waals surface area contributed by atoms with Gasteiger partial charge in [-0.1, -0.05) is 36.4 Å². The number of aliphatic carboxylic acids is 1. The number of carbonyl (C=O) groups excluding carboxylic acids is 1. The van der Waals surface area contributed by atoms with Gasteiger partial charge in [-0.05, 0) is 31.0 Å². The van der Waals surface area contributed by atoms with E-state index < -0.39 is 23.8 Å². The molecule has 0 aliphatic rings. The molecule has 0 bridgehead atoms. The minimum atomic E-state index is -0.992. The quantitative estimate of drug-likeness (QED) is 0.646. The fourth-order valence-corrected chi connectivity index (χ4v) is 3.01. The average molecular weight is 383 g/mol. The van der Waals surface area contributed by atoms with Gasteiger partial charge in [0.15, 0.2) is 11.5 Å². The Labute approximate surface area is 164 Å². The fourth-order valence-electron chi connectivity index (χ4n) is 3.01. The van der Waals surface area contributed by atoms with Gasteiger partial charge in [-0.25, -0.2) is 0 Å². The normalized spacial score (nSPS) is 12.5. The van der Waals surface area contributed by atoms with Crippen LogP contribution in [0.4, 0.5) is 0 Å². The molecule has 0 saturated carbocycles. The molecule has 2 rings (SSSR count). The number of amides is 1. The third-order valence-corrected chi connectivity index (χ3v) is 4.52. The van der Waals surface area contributed by atoms with E-state index in [0.717, 1.165) is 11.1 Å². The van der Waals surface area contributed by atoms with Gasteiger partial charge < -0.3 is 19.9 Å². The summed E-state index contributed by atoms with van der Waals surface area (Å²) in [7, 11) is 3.03. The summed E-state index contributed by atoms with van der Waals surface area (Å²) in [4.78, 5) is 24.5. The van der Waals surface area contributed by atoms with Crippen molar-refractivity contribution in [2.75, 3.05) is 14.2 Å². The molecule has 0 saturated heterocycles. The zero-order valence-electron chi connectivity index (χ0n) is 16.3. The minimum absolute atomic E-state index is 0.355. The molecule has 2 N–H and O–H groups in total. The van der Waals surface area contributed by atoms with Crippen LogP contribution in [0.15, 0.2) is 55.1 Å². The molecule has 0 aromatic heterocycles. The van der Waals surface area contributed by atoms with Gasteiger partial charge in [0, 0.05) is 11.1 Å². The highest BCUT2D eigenvalue weighted by molar-refractivity contribution is 5.96. The second-order valence-electron chi connectivity index (χ2n) is 6.35. The zero-order valence-corrected chi connectivity index (χ0v) is 16.3. The third-order valence-electron chi connectivity index (χ3n) is 4.52. The van der Waals surface area contributed by atoms with E-state index in [1.165, 1.54) is 14.2 Å². The van der Waals surface area contributed by atoms with Crippen molar-refractivity contribution in [1.29, 1.82) is 0 Å². The van der Waals surface area contributed by atoms with Gasteiger partial charge in [0.1, 0.15) is 0 Å². The lowest BCUT2D eigenvalue weighted by Crippen LogP contribution is -2.35. The fraction of sp³-hybridized carbons (Fsp3) is 0.273. The lowest BCUT2D eigenvalue weighted by Gasteiger charge is -2.23. The molecule has 1 amide bonds. The highest BCUT2D eigenvalue weighted by Gasteiger charge is 2.27. The maximum Gasteiger partial charge on any atom is 0.308 e. The predicted molar refractivity (Wildman–Crippen MR) is 107 cm³/mol. The maximum absolute atomic E-state index is 13.0. The Hall–Kier alpha value is -3.28. The summed E-state index contributed by atoms with van der Waals surface area (Å²) >= 11 is 0. The molecule has 0 heterocycles. The molecule has 0 spiro atoms. The first-order chi connectivity index (χ1) is 13.4. The Morgan fingerprint density at radius 3 is 2.39 bits per heavy atom. The van der Waals surface area contributed by atoms with Crippen molar-refractivity contribution in [3.63, 3.8) is 0 Å². The third kappa shape index (κ3) is 4.71. The molecule has 2 aromatic carbocycles. The Balaban J connectivity index is 2.41. The number of hydrogen-bond acceptors (Lipinski definition) is 4. The summed E-state index contributed by atoms with van der Waals surface area (Å²) in [5.41, 5.74) is 1.83. The zero-order chi connectivity index (χ0) is 20.7. The van der Waals surface area contributed by atoms with E-state index in [1.54, 1.807) is 37.3 Å². The molecule has 6 nitrogen and oxygen atoms in total. The Morgan fingerprint density at radius 1 is 1.18 bits per heavy atom. The lowest BCUT2D eigenvalue weighted by atomic mass is 9.94. The van der Waals surface area contributed by atoms with Crippen LogP contribution < -0.4 is 14.8 Å². The first-order valence-corrected chi connectivity index (χ1v) is 8.87. The summed E-state index contributed by atoms with van der Waals surface area (Å²) in [6, 6.07) is 11.6. The van der Waals surface area contributed by atoms with Crippen molar-refractivity contribution >= 4 is 11.9 Å². The van der Waals surface area contributed by atoms with Gasteiger partial charge in [-0.2, -0.15) is 0 Å². The SMILES string of the molecule is C=CCc1cc(C(=O)NC(c2ccccc2)C(C)C(=O)O)cc(OC)c1OC. The number of hydrogen-bond donors (Lipinski definition) is 2. The number of carboxylic acids is 1. The van der Waals surface area contributed by atoms with Crippen molar-refractivity contribution < 1.29 is 24.2 Å². The number of methoxy groups -OCH3 is 2. The van der Waals surface area contributed by atoms with E-state index in [1.807, 2.05) is 18.2 Å². The van der Waals surface area contributed by atoms with Crippen LogP contribution in [0.2, 0.25) is 0 Å². The molecule has 0 aliphatic carbocycles. The number of ether oxygens (including phenoxy) is 2. The molecule has 2 aromatic rings. The van der Waals surface area contributed by atoms with Crippen LogP contribution in [0.1, 0.15) is 34.5 Å². The first kappa shape index (κ1) is 21.0. The Morgan fingerprint density at radius 2 is 1.86 bits per heavy atom. The Bertz CT molecular complexity index is 848. The number of carboxylic acid groups (broad SMARTS) is 1. The second kappa shape index (κ2) is 9.60. The van der Waals surface area contributed by atoms with Crippen molar-refractivity contribution in [3.8, 4) is 11.5 Å². The summed E-state index contributed by atoms with van der Waals surface area (Å²) in [6.07, 6.45) is 2.20. The van der Waals surface area contributed by atoms with Crippen LogP contribution in [-0.2, 0) is 11.2 Å². The van der Waals surface area contributed by atoms with E-state index in [-0.39, 0.29) is 0 Å². The van der Waals surface area contributed by atoms with Crippen LogP contribution in [0.3, 0.4) is 0 Å². The van der Waals surface area contributed by atoms with Crippen molar-refractivity contribution in [3.05, 3.63) is 71.8 Å². The van der Waals surface area contributed by atoms with E-state index in [9.17, 15) is 14.7 Å². The first-order valence-electron chi connectivity index (χ1n) is 8.87. The molecule has 6 heteroatoms. The van der Waals surface area contributed by atoms with Crippen LogP contribution in [0.5, 0.6) is 11.5 Å². The van der Waals surface area contributed by atoms with E-state index in [0.29, 0.717) is 23.5 Å². The van der Waals surface area contributed by atoms with Crippen molar-refractivity contribution in [2.24, 2.45) is 5.92 Å². The second-order valence-corrected chi connectivity index (χ2v) is 6.35. The summed E-state index contributed by atoms with van der Waals surface area (Å²) in [5.74, 6) is -1.23. The van der Waals surface area contributed by atoms with Crippen LogP contribution in [0.25, 0.3) is 0 Å². The maximum atomic E-state index is 13.0. The van der Waals surface area contributed by atoms with Gasteiger partial charge in [0.2, 0.25) is 0 Å². The van der Waals surface area contributed by atoms with E-state index in [4.69, 9.17) is 9.47 Å². The average Bonchev–Trinajstić information content (AvgIpc) is 2.71. The number of carbonyl (C=O) groups is 2. The summed E-state index contributed by atoms with van der Waals surface area (Å²) in [5, 5.41) is 12.3. The predicted octanol–water partition coefficient (Wildman–Crippen LogP) is 3.62. The van der Waals surface area contributed by atoms with Gasteiger partial charge in [0.05, 0.1) is 26.2 Å². The van der Waals surface area contributed by atoms with Crippen LogP contribution in [0, 0.1) is 5.92 Å². The topological polar surface area (TPSA) is 84.9 Å². The van der Waals surface area contributed by atoms with Crippen LogP contribution in [-0.4, -0.2) is 31.2 Å². The molecule has 28 heavy (non-hydrogen) atoms. The highest BCUT2D eigenvalue weighted by atomic mass is 16.5. The van der Waals surface area contributed by atoms with Gasteiger partial charge in [-0.15, -0.1) is 6.58 Å². The van der Waals surface area contributed by atoms with Gasteiger partial charge >= 0.3 is 5.97 Å².